The lowest BCUT2D eigenvalue weighted by Gasteiger charge is -2.21. The lowest BCUT2D eigenvalue weighted by Crippen LogP contribution is -2.32. The molecule has 0 aliphatic rings. The molecule has 122 valence electrons. The van der Waals surface area contributed by atoms with E-state index in [-0.39, 0.29) is 6.10 Å². The number of rotatable bonds is 7. The topological polar surface area (TPSA) is 46.6 Å². The first-order valence-electron chi connectivity index (χ1n) is 7.15. The Morgan fingerprint density at radius 3 is 2.32 bits per heavy atom. The van der Waals surface area contributed by atoms with E-state index in [1.54, 1.807) is 26.0 Å². The van der Waals surface area contributed by atoms with E-state index in [1.807, 2.05) is 30.9 Å². The van der Waals surface area contributed by atoms with Gasteiger partial charge in [0.25, 0.3) is 0 Å². The molecule has 1 rings (SSSR count). The maximum absolute atomic E-state index is 12.8. The second-order valence-electron chi connectivity index (χ2n) is 4.95. The van der Waals surface area contributed by atoms with E-state index in [0.29, 0.717) is 5.30 Å². The number of anilines is 1. The van der Waals surface area contributed by atoms with E-state index in [4.69, 9.17) is 27.9 Å². The van der Waals surface area contributed by atoms with Gasteiger partial charge in [0.2, 0.25) is 5.30 Å². The van der Waals surface area contributed by atoms with Gasteiger partial charge in [0.05, 0.1) is 11.8 Å². The fourth-order valence-electron chi connectivity index (χ4n) is 1.99. The predicted octanol–water partition coefficient (Wildman–Crippen LogP) is 4.07. The molecule has 0 fully saturated rings. The number of para-hydroxylation sites is 1. The summed E-state index contributed by atoms with van der Waals surface area (Å²) >= 11 is 12.1. The normalized spacial score (nSPS) is 12.2. The minimum Gasteiger partial charge on any atom is -0.457 e. The van der Waals surface area contributed by atoms with Gasteiger partial charge in [0, 0.05) is 13.1 Å². The van der Waals surface area contributed by atoms with Crippen molar-refractivity contribution >= 4 is 48.0 Å². The molecule has 0 saturated carbocycles. The van der Waals surface area contributed by atoms with Gasteiger partial charge in [-0.05, 0) is 63.0 Å². The molecule has 22 heavy (non-hydrogen) atoms. The fraction of sp³-hybridized carbons (Fsp3) is 0.533. The molecule has 0 spiro atoms. The van der Waals surface area contributed by atoms with Gasteiger partial charge in [-0.1, -0.05) is 16.7 Å². The van der Waals surface area contributed by atoms with Crippen molar-refractivity contribution < 1.29 is 14.1 Å². The standard InChI is InChI=1S/C15H21Cl2NO3P/c1-5-18(6-2)12-9-7-8-10-13(12)22(20)15(16,17)14(19)21-11(3)4/h7-11H,5-6H2,1-4H3/q+1. The fourth-order valence-corrected chi connectivity index (χ4v) is 3.79. The molecule has 0 N–H and O–H groups in total. The van der Waals surface area contributed by atoms with Gasteiger partial charge in [-0.3, -0.25) is 0 Å². The molecule has 0 bridgehead atoms. The SMILES string of the molecule is CCN(CC)c1ccccc1[P+](=O)C(Cl)(Cl)C(=O)OC(C)C. The molecule has 7 heteroatoms. The van der Waals surface area contributed by atoms with Crippen LogP contribution < -0.4 is 10.2 Å². The van der Waals surface area contributed by atoms with E-state index >= 15 is 0 Å². The van der Waals surface area contributed by atoms with Crippen LogP contribution >= 0.6 is 31.0 Å². The van der Waals surface area contributed by atoms with Crippen LogP contribution in [-0.4, -0.2) is 29.2 Å². The highest BCUT2D eigenvalue weighted by atomic mass is 35.5. The van der Waals surface area contributed by atoms with Crippen LogP contribution in [-0.2, 0) is 14.1 Å². The Labute approximate surface area is 142 Å². The first-order valence-corrected chi connectivity index (χ1v) is 9.17. The minimum atomic E-state index is -2.39. The van der Waals surface area contributed by atoms with Crippen molar-refractivity contribution in [1.82, 2.24) is 0 Å². The average Bonchev–Trinajstić information content (AvgIpc) is 2.47. The molecule has 1 aromatic rings. The smallest absolute Gasteiger partial charge is 0.430 e. The molecule has 0 aromatic heterocycles. The Morgan fingerprint density at radius 2 is 1.82 bits per heavy atom. The molecular weight excluding hydrogens is 344 g/mol. The minimum absolute atomic E-state index is 0.384. The van der Waals surface area contributed by atoms with Crippen molar-refractivity contribution in [1.29, 1.82) is 0 Å². The quantitative estimate of drug-likeness (QED) is 0.415. The molecule has 0 aliphatic carbocycles. The van der Waals surface area contributed by atoms with E-state index < -0.39 is 17.8 Å². The highest BCUT2D eigenvalue weighted by Crippen LogP contribution is 2.48. The summed E-state index contributed by atoms with van der Waals surface area (Å²) in [6.07, 6.45) is -0.384. The molecule has 0 heterocycles. The average molecular weight is 365 g/mol. The van der Waals surface area contributed by atoms with Crippen molar-refractivity contribution in [3.8, 4) is 0 Å². The van der Waals surface area contributed by atoms with E-state index in [9.17, 15) is 9.36 Å². The molecule has 1 aromatic carbocycles. The molecule has 0 saturated heterocycles. The zero-order chi connectivity index (χ0) is 16.9. The predicted molar refractivity (Wildman–Crippen MR) is 92.9 cm³/mol. The summed E-state index contributed by atoms with van der Waals surface area (Å²) in [4.78, 5) is 14.1. The highest BCUT2D eigenvalue weighted by molar-refractivity contribution is 7.61. The number of hydrogen-bond donors (Lipinski definition) is 0. The van der Waals surface area contributed by atoms with Crippen molar-refractivity contribution in [2.45, 2.75) is 37.9 Å². The summed E-state index contributed by atoms with van der Waals surface area (Å²) in [5.41, 5.74) is 0.761. The molecule has 0 aliphatic heterocycles. The number of halogens is 2. The van der Waals surface area contributed by atoms with Crippen LogP contribution in [0.4, 0.5) is 5.69 Å². The van der Waals surface area contributed by atoms with Crippen LogP contribution in [0.2, 0.25) is 0 Å². The van der Waals surface area contributed by atoms with E-state index in [1.165, 1.54) is 0 Å². The highest BCUT2D eigenvalue weighted by Gasteiger charge is 2.57. The molecule has 0 amide bonds. The van der Waals surface area contributed by atoms with Crippen LogP contribution in [0.25, 0.3) is 0 Å². The monoisotopic (exact) mass is 364 g/mol. The molecular formula is C15H21Cl2NO3P+. The van der Waals surface area contributed by atoms with Gasteiger partial charge in [0.1, 0.15) is 0 Å². The largest absolute Gasteiger partial charge is 0.457 e. The Hall–Kier alpha value is -0.830. The zero-order valence-corrected chi connectivity index (χ0v) is 15.6. The summed E-state index contributed by atoms with van der Waals surface area (Å²) in [5, 5.41) is 0.451. The van der Waals surface area contributed by atoms with Crippen molar-refractivity contribution in [3.05, 3.63) is 24.3 Å². The van der Waals surface area contributed by atoms with E-state index in [2.05, 4.69) is 0 Å². The number of ether oxygens (including phenoxy) is 1. The Bertz CT molecular complexity index is 545. The number of esters is 1. The van der Waals surface area contributed by atoms with Crippen LogP contribution in [0.15, 0.2) is 24.3 Å². The second kappa shape index (κ2) is 8.14. The third-order valence-electron chi connectivity index (χ3n) is 3.05. The number of alkyl halides is 2. The maximum atomic E-state index is 12.8. The molecule has 1 unspecified atom stereocenters. The van der Waals surface area contributed by atoms with Crippen molar-refractivity contribution in [2.24, 2.45) is 0 Å². The van der Waals surface area contributed by atoms with Crippen LogP contribution in [0.5, 0.6) is 0 Å². The Kier molecular flexibility index (Phi) is 7.11. The van der Waals surface area contributed by atoms with Gasteiger partial charge in [0.15, 0.2) is 0 Å². The van der Waals surface area contributed by atoms with Gasteiger partial charge in [-0.2, -0.15) is 0 Å². The molecule has 0 radical (unpaired) electrons. The summed E-state index contributed by atoms with van der Waals surface area (Å²) in [6, 6.07) is 7.10. The zero-order valence-electron chi connectivity index (χ0n) is 13.2. The summed E-state index contributed by atoms with van der Waals surface area (Å²) in [6.45, 7) is 8.83. The number of carbonyl (C=O) groups is 1. The number of hydrogen-bond acceptors (Lipinski definition) is 4. The second-order valence-corrected chi connectivity index (χ2v) is 8.55. The van der Waals surface area contributed by atoms with Crippen LogP contribution in [0, 0.1) is 0 Å². The summed E-state index contributed by atoms with van der Waals surface area (Å²) in [5.74, 6) is -0.888. The lowest BCUT2D eigenvalue weighted by atomic mass is 10.3. The first kappa shape index (κ1) is 19.2. The Morgan fingerprint density at radius 1 is 1.27 bits per heavy atom. The molecule has 1 atom stereocenters. The summed E-state index contributed by atoms with van der Waals surface area (Å²) in [7, 11) is -2.39. The number of nitrogens with zero attached hydrogens (tertiary/aromatic N) is 1. The maximum Gasteiger partial charge on any atom is 0.430 e. The van der Waals surface area contributed by atoms with Gasteiger partial charge >= 0.3 is 17.8 Å². The van der Waals surface area contributed by atoms with Crippen LogP contribution in [0.1, 0.15) is 27.7 Å². The third-order valence-corrected chi connectivity index (χ3v) is 5.79. The Balaban J connectivity index is 3.20. The van der Waals surface area contributed by atoms with Crippen molar-refractivity contribution in [2.75, 3.05) is 18.0 Å². The number of benzene rings is 1. The lowest BCUT2D eigenvalue weighted by molar-refractivity contribution is -0.146. The van der Waals surface area contributed by atoms with Gasteiger partial charge in [-0.15, -0.1) is 0 Å². The van der Waals surface area contributed by atoms with Crippen molar-refractivity contribution in [3.63, 3.8) is 0 Å². The van der Waals surface area contributed by atoms with Gasteiger partial charge in [-0.25, -0.2) is 4.79 Å². The molecule has 4 nitrogen and oxygen atoms in total. The number of carbonyl (C=O) groups excluding carboxylic acids is 1. The van der Waals surface area contributed by atoms with Crippen LogP contribution in [0.3, 0.4) is 0 Å². The third kappa shape index (κ3) is 4.34. The van der Waals surface area contributed by atoms with E-state index in [0.717, 1.165) is 18.8 Å². The van der Waals surface area contributed by atoms with Gasteiger partial charge < -0.3 is 9.64 Å². The first-order chi connectivity index (χ1) is 10.3. The summed E-state index contributed by atoms with van der Waals surface area (Å²) < 4.78 is 15.7.